The highest BCUT2D eigenvalue weighted by atomic mass is 15.3. The van der Waals surface area contributed by atoms with Crippen molar-refractivity contribution in [2.75, 3.05) is 37.5 Å². The Bertz CT molecular complexity index is 471. The summed E-state index contributed by atoms with van der Waals surface area (Å²) >= 11 is 0. The van der Waals surface area contributed by atoms with Crippen LogP contribution >= 0.6 is 0 Å². The average Bonchev–Trinajstić information content (AvgIpc) is 3.31. The molecule has 6 nitrogen and oxygen atoms in total. The van der Waals surface area contributed by atoms with Crippen LogP contribution in [0.15, 0.2) is 6.07 Å². The molecule has 6 heteroatoms. The predicted octanol–water partition coefficient (Wildman–Crippen LogP) is 1.17. The summed E-state index contributed by atoms with van der Waals surface area (Å²) in [7, 11) is 4.30. The molecule has 1 saturated carbocycles. The first-order valence-electron chi connectivity index (χ1n) is 7.44. The van der Waals surface area contributed by atoms with Gasteiger partial charge in [-0.1, -0.05) is 0 Å². The third-order valence-corrected chi connectivity index (χ3v) is 4.27. The number of piperidine rings is 1. The van der Waals surface area contributed by atoms with Gasteiger partial charge >= 0.3 is 0 Å². The third kappa shape index (κ3) is 2.86. The van der Waals surface area contributed by atoms with Crippen molar-refractivity contribution >= 4 is 11.6 Å². The van der Waals surface area contributed by atoms with Crippen LogP contribution < -0.4 is 16.2 Å². The number of nitrogen functional groups attached to an aromatic ring is 1. The van der Waals surface area contributed by atoms with Gasteiger partial charge in [-0.05, 0) is 39.8 Å². The normalized spacial score (nSPS) is 23.2. The number of hydrogen-bond donors (Lipinski definition) is 2. The molecule has 0 aromatic carbocycles. The molecule has 1 aliphatic carbocycles. The van der Waals surface area contributed by atoms with Crippen LogP contribution in [0.4, 0.5) is 11.6 Å². The summed E-state index contributed by atoms with van der Waals surface area (Å²) in [5.74, 6) is 8.77. The number of hydrazine groups is 1. The van der Waals surface area contributed by atoms with Gasteiger partial charge in [0.2, 0.25) is 0 Å². The van der Waals surface area contributed by atoms with Crippen LogP contribution in [-0.2, 0) is 0 Å². The average molecular weight is 276 g/mol. The third-order valence-electron chi connectivity index (χ3n) is 4.27. The van der Waals surface area contributed by atoms with Crippen LogP contribution in [0.1, 0.15) is 37.4 Å². The van der Waals surface area contributed by atoms with Crippen LogP contribution in [0.2, 0.25) is 0 Å². The summed E-state index contributed by atoms with van der Waals surface area (Å²) in [6, 6.07) is 2.56. The van der Waals surface area contributed by atoms with E-state index in [0.29, 0.717) is 12.0 Å². The van der Waals surface area contributed by atoms with E-state index in [0.717, 1.165) is 30.5 Å². The summed E-state index contributed by atoms with van der Waals surface area (Å²) in [6.45, 7) is 2.09. The zero-order chi connectivity index (χ0) is 14.1. The summed E-state index contributed by atoms with van der Waals surface area (Å²) in [4.78, 5) is 13.9. The second-order valence-electron chi connectivity index (χ2n) is 6.09. The summed E-state index contributed by atoms with van der Waals surface area (Å²) < 4.78 is 0. The lowest BCUT2D eigenvalue weighted by Crippen LogP contribution is -2.45. The Hall–Kier alpha value is -1.40. The van der Waals surface area contributed by atoms with E-state index in [9.17, 15) is 0 Å². The van der Waals surface area contributed by atoms with Gasteiger partial charge < -0.3 is 15.2 Å². The molecule has 1 aromatic heterocycles. The van der Waals surface area contributed by atoms with E-state index >= 15 is 0 Å². The van der Waals surface area contributed by atoms with Crippen LogP contribution in [-0.4, -0.2) is 48.1 Å². The number of nitrogens with zero attached hydrogens (tertiary/aromatic N) is 4. The number of nitrogens with two attached hydrogens (primary N) is 1. The monoisotopic (exact) mass is 276 g/mol. The molecule has 2 heterocycles. The van der Waals surface area contributed by atoms with Gasteiger partial charge in [0.25, 0.3) is 0 Å². The highest BCUT2D eigenvalue weighted by Crippen LogP contribution is 2.39. The Morgan fingerprint density at radius 3 is 2.75 bits per heavy atom. The first kappa shape index (κ1) is 13.6. The molecule has 2 fully saturated rings. The Morgan fingerprint density at radius 2 is 2.10 bits per heavy atom. The Labute approximate surface area is 120 Å². The van der Waals surface area contributed by atoms with Gasteiger partial charge in [-0.25, -0.2) is 15.8 Å². The highest BCUT2D eigenvalue weighted by Gasteiger charge is 2.29. The highest BCUT2D eigenvalue weighted by molar-refractivity contribution is 5.50. The maximum absolute atomic E-state index is 5.55. The predicted molar refractivity (Wildman–Crippen MR) is 80.7 cm³/mol. The fraction of sp³-hybridized carbons (Fsp3) is 0.714. The fourth-order valence-electron chi connectivity index (χ4n) is 2.80. The molecule has 20 heavy (non-hydrogen) atoms. The number of aromatic nitrogens is 2. The minimum absolute atomic E-state index is 0.538. The lowest BCUT2D eigenvalue weighted by molar-refractivity contribution is 0.257. The van der Waals surface area contributed by atoms with Crippen molar-refractivity contribution in [1.29, 1.82) is 0 Å². The van der Waals surface area contributed by atoms with Crippen molar-refractivity contribution < 1.29 is 0 Å². The molecule has 0 amide bonds. The first-order valence-corrected chi connectivity index (χ1v) is 7.44. The second-order valence-corrected chi connectivity index (χ2v) is 6.09. The van der Waals surface area contributed by atoms with Crippen molar-refractivity contribution in [3.8, 4) is 0 Å². The maximum Gasteiger partial charge on any atom is 0.145 e. The minimum atomic E-state index is 0.538. The van der Waals surface area contributed by atoms with Crippen LogP contribution in [0.25, 0.3) is 0 Å². The van der Waals surface area contributed by atoms with E-state index < -0.39 is 0 Å². The molecule has 1 atom stereocenters. The number of rotatable bonds is 4. The van der Waals surface area contributed by atoms with Gasteiger partial charge in [0.05, 0.1) is 0 Å². The lowest BCUT2D eigenvalue weighted by atomic mass is 10.1. The molecule has 1 aromatic rings. The van der Waals surface area contributed by atoms with E-state index in [1.54, 1.807) is 0 Å². The van der Waals surface area contributed by atoms with Crippen molar-refractivity contribution in [1.82, 2.24) is 14.9 Å². The van der Waals surface area contributed by atoms with E-state index in [-0.39, 0.29) is 0 Å². The Morgan fingerprint density at radius 1 is 1.30 bits per heavy atom. The van der Waals surface area contributed by atoms with E-state index in [1.165, 1.54) is 25.7 Å². The topological polar surface area (TPSA) is 70.3 Å². The van der Waals surface area contributed by atoms with Gasteiger partial charge in [0.15, 0.2) is 0 Å². The van der Waals surface area contributed by atoms with Gasteiger partial charge in [0, 0.05) is 31.1 Å². The molecule has 0 radical (unpaired) electrons. The number of likely N-dealkylation sites (N-methyl/N-ethyl adjacent to an activating group) is 1. The smallest absolute Gasteiger partial charge is 0.145 e. The summed E-state index contributed by atoms with van der Waals surface area (Å²) in [6.07, 6.45) is 4.87. The molecule has 3 rings (SSSR count). The molecule has 1 saturated heterocycles. The molecule has 1 aliphatic heterocycles. The second kappa shape index (κ2) is 5.54. The van der Waals surface area contributed by atoms with Gasteiger partial charge in [-0.15, -0.1) is 0 Å². The SMILES string of the molecule is CN(C)C1CCCN(c2cc(NN)nc(C3CC3)n2)C1. The van der Waals surface area contributed by atoms with Gasteiger partial charge in [-0.2, -0.15) is 0 Å². The van der Waals surface area contributed by atoms with Crippen molar-refractivity contribution in [2.24, 2.45) is 5.84 Å². The minimum Gasteiger partial charge on any atom is -0.355 e. The summed E-state index contributed by atoms with van der Waals surface area (Å²) in [5.41, 5.74) is 2.68. The zero-order valence-corrected chi connectivity index (χ0v) is 12.3. The molecular formula is C14H24N6. The van der Waals surface area contributed by atoms with Crippen LogP contribution in [0.3, 0.4) is 0 Å². The van der Waals surface area contributed by atoms with Crippen molar-refractivity contribution in [2.45, 2.75) is 37.6 Å². The molecular weight excluding hydrogens is 252 g/mol. The number of anilines is 2. The van der Waals surface area contributed by atoms with Crippen LogP contribution in [0.5, 0.6) is 0 Å². The van der Waals surface area contributed by atoms with E-state index in [4.69, 9.17) is 10.8 Å². The van der Waals surface area contributed by atoms with Gasteiger partial charge in [0.1, 0.15) is 17.5 Å². The standard InChI is InChI=1S/C14H24N6/c1-19(2)11-4-3-7-20(9-11)13-8-12(18-15)16-14(17-13)10-5-6-10/h8,10-11H,3-7,9,15H2,1-2H3,(H,16,17,18). The Kier molecular flexibility index (Phi) is 3.76. The zero-order valence-electron chi connectivity index (χ0n) is 12.3. The summed E-state index contributed by atoms with van der Waals surface area (Å²) in [5, 5.41) is 0. The quantitative estimate of drug-likeness (QED) is 0.635. The Balaban J connectivity index is 1.82. The molecule has 0 spiro atoms. The first-order chi connectivity index (χ1) is 9.67. The van der Waals surface area contributed by atoms with Crippen molar-refractivity contribution in [3.63, 3.8) is 0 Å². The van der Waals surface area contributed by atoms with E-state index in [2.05, 4.69) is 34.3 Å². The molecule has 110 valence electrons. The molecule has 3 N–H and O–H groups in total. The number of hydrogen-bond acceptors (Lipinski definition) is 6. The van der Waals surface area contributed by atoms with Crippen LogP contribution in [0, 0.1) is 0 Å². The van der Waals surface area contributed by atoms with Gasteiger partial charge in [-0.3, -0.25) is 0 Å². The maximum atomic E-state index is 5.55. The fourth-order valence-corrected chi connectivity index (χ4v) is 2.80. The lowest BCUT2D eigenvalue weighted by Gasteiger charge is -2.37. The number of nitrogens with one attached hydrogen (secondary N) is 1. The molecule has 1 unspecified atom stereocenters. The van der Waals surface area contributed by atoms with E-state index in [1.807, 2.05) is 6.07 Å². The molecule has 2 aliphatic rings. The molecule has 0 bridgehead atoms. The largest absolute Gasteiger partial charge is 0.355 e. The van der Waals surface area contributed by atoms with Crippen molar-refractivity contribution in [3.05, 3.63) is 11.9 Å².